The minimum Gasteiger partial charge on any atom is -0.268 e. The molecule has 1 aromatic carbocycles. The molecule has 0 aliphatic heterocycles. The maximum absolute atomic E-state index is 5.95. The zero-order chi connectivity index (χ0) is 11.5. The highest BCUT2D eigenvalue weighted by Gasteiger charge is 2.14. The number of hydrogen-bond donors (Lipinski definition) is 1. The molecule has 0 aliphatic carbocycles. The normalized spacial score (nSPS) is 10.2. The van der Waals surface area contributed by atoms with Gasteiger partial charge in [-0.05, 0) is 17.3 Å². The molecule has 0 amide bonds. The van der Waals surface area contributed by atoms with Crippen LogP contribution in [0.25, 0.3) is 0 Å². The lowest BCUT2D eigenvalue weighted by molar-refractivity contribution is 0.866. The molecule has 0 saturated carbocycles. The lowest BCUT2D eigenvalue weighted by Crippen LogP contribution is -2.07. The summed E-state index contributed by atoms with van der Waals surface area (Å²) < 4.78 is 1.49. The summed E-state index contributed by atoms with van der Waals surface area (Å²) in [7, 11) is 0. The van der Waals surface area contributed by atoms with Gasteiger partial charge in [-0.25, -0.2) is 0 Å². The second-order valence-corrected chi connectivity index (χ2v) is 4.00. The van der Waals surface area contributed by atoms with E-state index in [0.717, 1.165) is 5.69 Å². The smallest absolute Gasteiger partial charge is 0.189 e. The van der Waals surface area contributed by atoms with Crippen LogP contribution in [0.1, 0.15) is 0 Å². The first-order chi connectivity index (χ1) is 7.70. The van der Waals surface area contributed by atoms with Crippen molar-refractivity contribution < 1.29 is 0 Å². The summed E-state index contributed by atoms with van der Waals surface area (Å²) in [6, 6.07) is 9.38. The molecular weight excluding hydrogens is 267 g/mol. The number of halogens is 2. The van der Waals surface area contributed by atoms with Crippen molar-refractivity contribution in [3.05, 3.63) is 40.5 Å². The monoisotopic (exact) mass is 272 g/mol. The summed E-state index contributed by atoms with van der Waals surface area (Å²) in [5.74, 6) is 0.344. The second-order valence-electron chi connectivity index (χ2n) is 2.87. The average Bonchev–Trinajstić information content (AvgIpc) is 2.33. The van der Waals surface area contributed by atoms with E-state index >= 15 is 0 Å². The fraction of sp³-hybridized carbons (Fsp3) is 0. The van der Waals surface area contributed by atoms with E-state index in [2.05, 4.69) is 28.2 Å². The number of aromatic nitrogens is 3. The summed E-state index contributed by atoms with van der Waals surface area (Å²) in [5.41, 5.74) is 0.810. The van der Waals surface area contributed by atoms with E-state index in [9.17, 15) is 0 Å². The van der Waals surface area contributed by atoms with Crippen LogP contribution in [0.15, 0.2) is 30.3 Å². The van der Waals surface area contributed by atoms with Gasteiger partial charge in [-0.3, -0.25) is 4.31 Å². The molecule has 0 radical (unpaired) electrons. The Morgan fingerprint density at radius 1 is 1.06 bits per heavy atom. The van der Waals surface area contributed by atoms with Crippen LogP contribution < -0.4 is 4.31 Å². The van der Waals surface area contributed by atoms with Crippen molar-refractivity contribution >= 4 is 47.5 Å². The maximum Gasteiger partial charge on any atom is 0.189 e. The molecule has 0 unspecified atom stereocenters. The highest BCUT2D eigenvalue weighted by atomic mass is 35.5. The molecule has 7 heteroatoms. The minimum atomic E-state index is 0.0987. The predicted octanol–water partition coefficient (Wildman–Crippen LogP) is 3.16. The predicted molar refractivity (Wildman–Crippen MR) is 67.4 cm³/mol. The van der Waals surface area contributed by atoms with Crippen molar-refractivity contribution in [1.82, 2.24) is 15.4 Å². The summed E-state index contributed by atoms with van der Waals surface area (Å²) >= 11 is 16.0. The van der Waals surface area contributed by atoms with Gasteiger partial charge in [0.1, 0.15) is 5.02 Å². The molecule has 2 aromatic rings. The maximum atomic E-state index is 5.95. The first-order valence-electron chi connectivity index (χ1n) is 4.28. The van der Waals surface area contributed by atoms with Gasteiger partial charge in [0.15, 0.2) is 11.0 Å². The summed E-state index contributed by atoms with van der Waals surface area (Å²) in [4.78, 5) is 0. The van der Waals surface area contributed by atoms with Gasteiger partial charge in [-0.15, -0.1) is 10.2 Å². The fourth-order valence-corrected chi connectivity index (χ4v) is 1.72. The number of nitrogens with zero attached hydrogens (tertiary/aromatic N) is 4. The van der Waals surface area contributed by atoms with Crippen molar-refractivity contribution in [3.8, 4) is 0 Å². The molecule has 2 rings (SSSR count). The highest BCUT2D eigenvalue weighted by Crippen LogP contribution is 2.33. The van der Waals surface area contributed by atoms with Crippen LogP contribution in [0.4, 0.5) is 11.5 Å². The Kier molecular flexibility index (Phi) is 3.48. The van der Waals surface area contributed by atoms with E-state index in [4.69, 9.17) is 23.2 Å². The van der Waals surface area contributed by atoms with Crippen LogP contribution in [-0.4, -0.2) is 15.4 Å². The van der Waals surface area contributed by atoms with Gasteiger partial charge < -0.3 is 0 Å². The Morgan fingerprint density at radius 2 is 1.75 bits per heavy atom. The molecule has 0 N–H and O–H groups in total. The third-order valence-corrected chi connectivity index (χ3v) is 2.98. The molecule has 1 heterocycles. The average molecular weight is 273 g/mol. The topological polar surface area (TPSA) is 41.9 Å². The van der Waals surface area contributed by atoms with E-state index in [1.807, 2.05) is 30.3 Å². The molecule has 1 aromatic heterocycles. The zero-order valence-electron chi connectivity index (χ0n) is 7.88. The number of para-hydroxylation sites is 1. The van der Waals surface area contributed by atoms with Gasteiger partial charge in [0.25, 0.3) is 0 Å². The Balaban J connectivity index is 2.42. The van der Waals surface area contributed by atoms with Crippen LogP contribution in [0.3, 0.4) is 0 Å². The largest absolute Gasteiger partial charge is 0.268 e. The van der Waals surface area contributed by atoms with Gasteiger partial charge >= 0.3 is 0 Å². The lowest BCUT2D eigenvalue weighted by atomic mass is 10.3. The summed E-state index contributed by atoms with van der Waals surface area (Å²) in [5, 5.41) is 11.1. The molecule has 82 valence electrons. The molecule has 0 atom stereocenters. The molecule has 16 heavy (non-hydrogen) atoms. The van der Waals surface area contributed by atoms with Crippen LogP contribution in [0, 0.1) is 0 Å². The van der Waals surface area contributed by atoms with Crippen LogP contribution in [-0.2, 0) is 0 Å². The van der Waals surface area contributed by atoms with E-state index < -0.39 is 0 Å². The van der Waals surface area contributed by atoms with Crippen molar-refractivity contribution in [2.45, 2.75) is 0 Å². The molecule has 4 nitrogen and oxygen atoms in total. The summed E-state index contributed by atoms with van der Waals surface area (Å²) in [6.07, 6.45) is 0. The Hall–Kier alpha value is -1.04. The molecular formula is C9H6Cl2N4S. The number of hydrogen-bond acceptors (Lipinski definition) is 5. The molecule has 0 aliphatic rings. The lowest BCUT2D eigenvalue weighted by Gasteiger charge is -2.16. The minimum absolute atomic E-state index is 0.0987. The van der Waals surface area contributed by atoms with Crippen molar-refractivity contribution in [2.75, 3.05) is 4.31 Å². The SMILES string of the molecule is SN(c1ccccc1)c1nnnc(Cl)c1Cl. The first kappa shape index (κ1) is 11.4. The van der Waals surface area contributed by atoms with Gasteiger partial charge in [0, 0.05) is 0 Å². The third kappa shape index (κ3) is 2.21. The number of anilines is 2. The van der Waals surface area contributed by atoms with Gasteiger partial charge in [-0.2, -0.15) is 0 Å². The molecule has 0 bridgehead atoms. The van der Waals surface area contributed by atoms with Crippen LogP contribution in [0.2, 0.25) is 10.2 Å². The highest BCUT2D eigenvalue weighted by molar-refractivity contribution is 7.82. The quantitative estimate of drug-likeness (QED) is 0.853. The van der Waals surface area contributed by atoms with E-state index in [0.29, 0.717) is 5.82 Å². The number of rotatable bonds is 2. The Bertz CT molecular complexity index is 494. The van der Waals surface area contributed by atoms with Crippen molar-refractivity contribution in [3.63, 3.8) is 0 Å². The molecule has 0 fully saturated rings. The zero-order valence-corrected chi connectivity index (χ0v) is 10.3. The first-order valence-corrected chi connectivity index (χ1v) is 5.44. The van der Waals surface area contributed by atoms with E-state index in [-0.39, 0.29) is 10.2 Å². The van der Waals surface area contributed by atoms with Crippen LogP contribution >= 0.6 is 36.0 Å². The van der Waals surface area contributed by atoms with E-state index in [1.165, 1.54) is 4.31 Å². The van der Waals surface area contributed by atoms with E-state index in [1.54, 1.807) is 0 Å². The Labute approximate surface area is 108 Å². The second kappa shape index (κ2) is 4.86. The fourth-order valence-electron chi connectivity index (χ4n) is 1.11. The van der Waals surface area contributed by atoms with Gasteiger partial charge in [0.05, 0.1) is 5.69 Å². The van der Waals surface area contributed by atoms with Gasteiger partial charge in [-0.1, -0.05) is 54.2 Å². The molecule has 0 spiro atoms. The number of thiol groups is 1. The number of benzene rings is 1. The van der Waals surface area contributed by atoms with Crippen molar-refractivity contribution in [2.24, 2.45) is 0 Å². The summed E-state index contributed by atoms with van der Waals surface area (Å²) in [6.45, 7) is 0. The standard InChI is InChI=1S/C9H6Cl2N4S/c10-7-8(11)12-14-13-9(7)15(16)6-4-2-1-3-5-6/h1-5,16H. The molecule has 0 saturated heterocycles. The van der Waals surface area contributed by atoms with Gasteiger partial charge in [0.2, 0.25) is 0 Å². The van der Waals surface area contributed by atoms with Crippen LogP contribution in [0.5, 0.6) is 0 Å². The van der Waals surface area contributed by atoms with Crippen molar-refractivity contribution in [1.29, 1.82) is 0 Å². The third-order valence-electron chi connectivity index (χ3n) is 1.85. The Morgan fingerprint density at radius 3 is 2.44 bits per heavy atom.